The molecule has 0 aliphatic carbocycles. The molecule has 1 nitrogen and oxygen atoms in total. The van der Waals surface area contributed by atoms with Gasteiger partial charge in [0.15, 0.2) is 0 Å². The maximum absolute atomic E-state index is 6.21. The Morgan fingerprint density at radius 3 is 2.36 bits per heavy atom. The molecule has 0 N–H and O–H groups in total. The van der Waals surface area contributed by atoms with Crippen LogP contribution in [0, 0.1) is 0 Å². The van der Waals surface area contributed by atoms with Crippen molar-refractivity contribution in [2.24, 2.45) is 0 Å². The quantitative estimate of drug-likeness (QED) is 0.556. The largest absolute Gasteiger partial charge is 0.488 e. The van der Waals surface area contributed by atoms with Crippen LogP contribution >= 0.6 is 0 Å². The van der Waals surface area contributed by atoms with E-state index in [1.54, 1.807) is 5.57 Å². The van der Waals surface area contributed by atoms with Gasteiger partial charge >= 0.3 is 0 Å². The van der Waals surface area contributed by atoms with E-state index < -0.39 is 0 Å². The number of benzene rings is 2. The summed E-state index contributed by atoms with van der Waals surface area (Å²) in [7, 11) is 0. The molecule has 25 heavy (non-hydrogen) atoms. The molecule has 1 aliphatic rings. The normalized spacial score (nSPS) is 12.8. The van der Waals surface area contributed by atoms with Crippen LogP contribution < -0.4 is 4.74 Å². The molecule has 0 spiro atoms. The molecule has 0 saturated heterocycles. The van der Waals surface area contributed by atoms with Crippen LogP contribution in [-0.2, 0) is 13.0 Å². The SMILES string of the molecule is CCCC(CCC)=C1c2ccccc2COc2ccc(CCC)cc21. The van der Waals surface area contributed by atoms with Gasteiger partial charge in [0.25, 0.3) is 0 Å². The number of aryl methyl sites for hydroxylation is 1. The van der Waals surface area contributed by atoms with Gasteiger partial charge in [-0.25, -0.2) is 0 Å². The molecule has 0 bridgehead atoms. The lowest BCUT2D eigenvalue weighted by Gasteiger charge is -2.18. The van der Waals surface area contributed by atoms with Crippen LogP contribution in [0.5, 0.6) is 5.75 Å². The number of ether oxygens (including phenoxy) is 1. The fourth-order valence-electron chi connectivity index (χ4n) is 3.89. The van der Waals surface area contributed by atoms with E-state index >= 15 is 0 Å². The van der Waals surface area contributed by atoms with Crippen molar-refractivity contribution in [3.8, 4) is 5.75 Å². The average Bonchev–Trinajstić information content (AvgIpc) is 2.78. The Labute approximate surface area is 152 Å². The van der Waals surface area contributed by atoms with Crippen molar-refractivity contribution in [1.82, 2.24) is 0 Å². The minimum atomic E-state index is 0.658. The van der Waals surface area contributed by atoms with E-state index in [1.165, 1.54) is 47.1 Å². The second kappa shape index (κ2) is 8.38. The monoisotopic (exact) mass is 334 g/mol. The van der Waals surface area contributed by atoms with Crippen molar-refractivity contribution in [2.45, 2.75) is 65.9 Å². The van der Waals surface area contributed by atoms with Crippen molar-refractivity contribution >= 4 is 5.57 Å². The first-order valence-electron chi connectivity index (χ1n) is 9.84. The van der Waals surface area contributed by atoms with Gasteiger partial charge in [-0.15, -0.1) is 0 Å². The van der Waals surface area contributed by atoms with Crippen molar-refractivity contribution in [2.75, 3.05) is 0 Å². The maximum Gasteiger partial charge on any atom is 0.127 e. The van der Waals surface area contributed by atoms with Gasteiger partial charge < -0.3 is 4.74 Å². The zero-order valence-electron chi connectivity index (χ0n) is 15.9. The highest BCUT2D eigenvalue weighted by atomic mass is 16.5. The Balaban J connectivity index is 2.26. The Morgan fingerprint density at radius 2 is 1.64 bits per heavy atom. The summed E-state index contributed by atoms with van der Waals surface area (Å²) >= 11 is 0. The van der Waals surface area contributed by atoms with E-state index in [0.717, 1.165) is 25.0 Å². The Kier molecular flexibility index (Phi) is 5.96. The molecule has 0 unspecified atom stereocenters. The van der Waals surface area contributed by atoms with Gasteiger partial charge in [0.05, 0.1) is 0 Å². The molecular formula is C24H30O. The predicted molar refractivity (Wildman–Crippen MR) is 107 cm³/mol. The highest BCUT2D eigenvalue weighted by molar-refractivity contribution is 5.87. The van der Waals surface area contributed by atoms with Gasteiger partial charge in [-0.1, -0.05) is 75.9 Å². The minimum Gasteiger partial charge on any atom is -0.488 e. The third kappa shape index (κ3) is 3.81. The summed E-state index contributed by atoms with van der Waals surface area (Å²) in [4.78, 5) is 0. The van der Waals surface area contributed by atoms with Crippen LogP contribution in [0.25, 0.3) is 5.57 Å². The van der Waals surface area contributed by atoms with E-state index in [0.29, 0.717) is 6.61 Å². The van der Waals surface area contributed by atoms with E-state index in [4.69, 9.17) is 4.74 Å². The summed E-state index contributed by atoms with van der Waals surface area (Å²) in [6.07, 6.45) is 6.99. The standard InChI is InChI=1S/C24H30O/c1-4-9-18-14-15-23-22(16-18)24(19(10-5-2)11-6-3)21-13-8-7-12-20(21)17-25-23/h7-8,12-16H,4-6,9-11,17H2,1-3H3. The Bertz CT molecular complexity index is 746. The van der Waals surface area contributed by atoms with Crippen molar-refractivity contribution in [3.05, 3.63) is 70.3 Å². The molecule has 0 aromatic heterocycles. The topological polar surface area (TPSA) is 9.23 Å². The zero-order valence-corrected chi connectivity index (χ0v) is 15.9. The van der Waals surface area contributed by atoms with Crippen LogP contribution in [0.2, 0.25) is 0 Å². The molecule has 2 aromatic rings. The molecule has 0 fully saturated rings. The fourth-order valence-corrected chi connectivity index (χ4v) is 3.89. The number of fused-ring (bicyclic) bond motifs is 2. The zero-order chi connectivity index (χ0) is 17.6. The summed E-state index contributed by atoms with van der Waals surface area (Å²) in [5, 5.41) is 0. The highest BCUT2D eigenvalue weighted by Crippen LogP contribution is 2.41. The first-order chi connectivity index (χ1) is 12.3. The first-order valence-corrected chi connectivity index (χ1v) is 9.84. The number of hydrogen-bond donors (Lipinski definition) is 0. The summed E-state index contributed by atoms with van der Waals surface area (Å²) in [5.41, 5.74) is 8.40. The molecule has 132 valence electrons. The number of hydrogen-bond acceptors (Lipinski definition) is 1. The van der Waals surface area contributed by atoms with Crippen LogP contribution in [0.3, 0.4) is 0 Å². The smallest absolute Gasteiger partial charge is 0.127 e. The lowest BCUT2D eigenvalue weighted by atomic mass is 9.86. The van der Waals surface area contributed by atoms with Gasteiger partial charge in [0.2, 0.25) is 0 Å². The third-order valence-corrected chi connectivity index (χ3v) is 4.98. The van der Waals surface area contributed by atoms with Crippen LogP contribution in [0.4, 0.5) is 0 Å². The van der Waals surface area contributed by atoms with Crippen molar-refractivity contribution < 1.29 is 4.74 Å². The van der Waals surface area contributed by atoms with E-state index in [2.05, 4.69) is 63.2 Å². The van der Waals surface area contributed by atoms with Gasteiger partial charge in [-0.05, 0) is 53.7 Å². The van der Waals surface area contributed by atoms with Crippen molar-refractivity contribution in [1.29, 1.82) is 0 Å². The van der Waals surface area contributed by atoms with Crippen LogP contribution in [0.1, 0.15) is 75.1 Å². The lowest BCUT2D eigenvalue weighted by molar-refractivity contribution is 0.307. The molecule has 1 aliphatic heterocycles. The summed E-state index contributed by atoms with van der Waals surface area (Å²) < 4.78 is 6.21. The maximum atomic E-state index is 6.21. The third-order valence-electron chi connectivity index (χ3n) is 4.98. The van der Waals surface area contributed by atoms with Crippen LogP contribution in [-0.4, -0.2) is 0 Å². The lowest BCUT2D eigenvalue weighted by Crippen LogP contribution is -1.98. The molecule has 0 radical (unpaired) electrons. The molecule has 0 saturated carbocycles. The number of rotatable bonds is 6. The second-order valence-electron chi connectivity index (χ2n) is 7.00. The Morgan fingerprint density at radius 1 is 0.880 bits per heavy atom. The Hall–Kier alpha value is -2.02. The second-order valence-corrected chi connectivity index (χ2v) is 7.00. The molecule has 0 atom stereocenters. The minimum absolute atomic E-state index is 0.658. The predicted octanol–water partition coefficient (Wildman–Crippen LogP) is 6.93. The molecule has 1 heteroatoms. The summed E-state index contributed by atoms with van der Waals surface area (Å²) in [6, 6.07) is 15.6. The first kappa shape index (κ1) is 17.8. The average molecular weight is 335 g/mol. The highest BCUT2D eigenvalue weighted by Gasteiger charge is 2.22. The summed E-state index contributed by atoms with van der Waals surface area (Å²) in [6.45, 7) is 7.46. The molecule has 2 aromatic carbocycles. The number of allylic oxidation sites excluding steroid dienone is 1. The molecule has 1 heterocycles. The fraction of sp³-hybridized carbons (Fsp3) is 0.417. The van der Waals surface area contributed by atoms with Gasteiger partial charge in [0, 0.05) is 5.56 Å². The van der Waals surface area contributed by atoms with E-state index in [1.807, 2.05) is 0 Å². The molecule has 0 amide bonds. The van der Waals surface area contributed by atoms with E-state index in [-0.39, 0.29) is 0 Å². The summed E-state index contributed by atoms with van der Waals surface area (Å²) in [5.74, 6) is 1.04. The molecular weight excluding hydrogens is 304 g/mol. The van der Waals surface area contributed by atoms with Gasteiger partial charge in [0.1, 0.15) is 12.4 Å². The molecule has 3 rings (SSSR count). The van der Waals surface area contributed by atoms with Gasteiger partial charge in [-0.3, -0.25) is 0 Å². The van der Waals surface area contributed by atoms with Gasteiger partial charge in [-0.2, -0.15) is 0 Å². The van der Waals surface area contributed by atoms with E-state index in [9.17, 15) is 0 Å². The van der Waals surface area contributed by atoms with Crippen LogP contribution in [0.15, 0.2) is 48.0 Å². The van der Waals surface area contributed by atoms with Crippen molar-refractivity contribution in [3.63, 3.8) is 0 Å².